The van der Waals surface area contributed by atoms with E-state index in [1.807, 2.05) is 36.4 Å². The number of ketones is 1. The van der Waals surface area contributed by atoms with Crippen LogP contribution in [-0.4, -0.2) is 17.9 Å². The summed E-state index contributed by atoms with van der Waals surface area (Å²) in [6.45, 7) is 0. The van der Waals surface area contributed by atoms with Gasteiger partial charge >= 0.3 is 5.97 Å². The van der Waals surface area contributed by atoms with Gasteiger partial charge in [-0.25, -0.2) is 0 Å². The molecular weight excluding hydrogens is 264 g/mol. The van der Waals surface area contributed by atoms with Crippen LogP contribution in [0.5, 0.6) is 0 Å². The molecule has 2 fully saturated rings. The number of benzene rings is 1. The molecule has 0 radical (unpaired) electrons. The minimum atomic E-state index is -0.0847. The Hall–Kier alpha value is -1.90. The van der Waals surface area contributed by atoms with Crippen LogP contribution in [-0.2, 0) is 20.7 Å². The lowest BCUT2D eigenvalue weighted by Crippen LogP contribution is -2.12. The number of aryl methyl sites for hydroxylation is 1. The maximum atomic E-state index is 11.9. The van der Waals surface area contributed by atoms with Crippen LogP contribution in [0.3, 0.4) is 0 Å². The molecule has 0 aromatic heterocycles. The van der Waals surface area contributed by atoms with Gasteiger partial charge in [-0.3, -0.25) is 9.59 Å². The first-order chi connectivity index (χ1) is 10.2. The quantitative estimate of drug-likeness (QED) is 0.616. The fourth-order valence-corrected chi connectivity index (χ4v) is 3.36. The van der Waals surface area contributed by atoms with E-state index in [0.717, 1.165) is 19.3 Å². The van der Waals surface area contributed by atoms with E-state index in [9.17, 15) is 9.59 Å². The number of esters is 1. The molecular formula is C18H20O3. The number of carbonyl (C=O) groups is 2. The number of allylic oxidation sites excluding steroid dienone is 2. The van der Waals surface area contributed by atoms with Crippen molar-refractivity contribution in [1.29, 1.82) is 0 Å². The number of hydrogen-bond donors (Lipinski definition) is 0. The van der Waals surface area contributed by atoms with Gasteiger partial charge in [0, 0.05) is 12.3 Å². The van der Waals surface area contributed by atoms with Gasteiger partial charge in [0.2, 0.25) is 0 Å². The highest BCUT2D eigenvalue weighted by Gasteiger charge is 2.43. The van der Waals surface area contributed by atoms with Crippen molar-refractivity contribution < 1.29 is 14.3 Å². The van der Waals surface area contributed by atoms with E-state index >= 15 is 0 Å². The smallest absolute Gasteiger partial charge is 0.306 e. The summed E-state index contributed by atoms with van der Waals surface area (Å²) in [4.78, 5) is 23.2. The van der Waals surface area contributed by atoms with Crippen molar-refractivity contribution in [2.24, 2.45) is 11.8 Å². The third-order valence-electron chi connectivity index (χ3n) is 4.53. The Kier molecular flexibility index (Phi) is 4.18. The summed E-state index contributed by atoms with van der Waals surface area (Å²) < 4.78 is 5.27. The van der Waals surface area contributed by atoms with Crippen LogP contribution in [0.25, 0.3) is 0 Å². The number of hydrogen-bond acceptors (Lipinski definition) is 3. The van der Waals surface area contributed by atoms with Crippen LogP contribution >= 0.6 is 0 Å². The first kappa shape index (κ1) is 14.1. The molecule has 0 unspecified atom stereocenters. The van der Waals surface area contributed by atoms with E-state index in [2.05, 4.69) is 0 Å². The van der Waals surface area contributed by atoms with Crippen LogP contribution in [0.1, 0.15) is 31.2 Å². The first-order valence-electron chi connectivity index (χ1n) is 7.67. The molecule has 1 aliphatic heterocycles. The SMILES string of the molecule is O=C(/C=C/[C@H]1CC[C@@H]2OC(=O)C[C@@H]21)CCc1ccccc1. The lowest BCUT2D eigenvalue weighted by atomic mass is 9.92. The third-order valence-corrected chi connectivity index (χ3v) is 4.53. The van der Waals surface area contributed by atoms with Crippen molar-refractivity contribution in [3.05, 3.63) is 48.0 Å². The fraction of sp³-hybridized carbons (Fsp3) is 0.444. The molecule has 110 valence electrons. The van der Waals surface area contributed by atoms with Crippen LogP contribution in [0, 0.1) is 11.8 Å². The second kappa shape index (κ2) is 6.25. The molecule has 1 saturated carbocycles. The number of rotatable bonds is 5. The summed E-state index contributed by atoms with van der Waals surface area (Å²) in [7, 11) is 0. The average Bonchev–Trinajstić information content (AvgIpc) is 3.03. The zero-order chi connectivity index (χ0) is 14.7. The molecule has 1 aliphatic carbocycles. The second-order valence-corrected chi connectivity index (χ2v) is 5.95. The van der Waals surface area contributed by atoms with Crippen molar-refractivity contribution in [1.82, 2.24) is 0 Å². The highest BCUT2D eigenvalue weighted by Crippen LogP contribution is 2.41. The summed E-state index contributed by atoms with van der Waals surface area (Å²) in [6, 6.07) is 10.0. The molecule has 21 heavy (non-hydrogen) atoms. The highest BCUT2D eigenvalue weighted by atomic mass is 16.5. The molecule has 3 rings (SSSR count). The monoisotopic (exact) mass is 284 g/mol. The Labute approximate surface area is 125 Å². The summed E-state index contributed by atoms with van der Waals surface area (Å²) in [6.07, 6.45) is 7.58. The summed E-state index contributed by atoms with van der Waals surface area (Å²) >= 11 is 0. The van der Waals surface area contributed by atoms with Gasteiger partial charge in [0.15, 0.2) is 5.78 Å². The van der Waals surface area contributed by atoms with Gasteiger partial charge in [0.05, 0.1) is 6.42 Å². The topological polar surface area (TPSA) is 43.4 Å². The Morgan fingerprint density at radius 1 is 1.24 bits per heavy atom. The zero-order valence-electron chi connectivity index (χ0n) is 12.0. The maximum absolute atomic E-state index is 11.9. The Morgan fingerprint density at radius 2 is 2.05 bits per heavy atom. The standard InChI is InChI=1S/C18H20O3/c19-15(9-6-13-4-2-1-3-5-13)10-7-14-8-11-17-16(14)12-18(20)21-17/h1-5,7,10,14,16-17H,6,8-9,11-12H2/b10-7+/t14-,16+,17-/m0/s1. The largest absolute Gasteiger partial charge is 0.462 e. The van der Waals surface area contributed by atoms with Gasteiger partial charge in [-0.2, -0.15) is 0 Å². The van der Waals surface area contributed by atoms with E-state index in [1.165, 1.54) is 5.56 Å². The van der Waals surface area contributed by atoms with Crippen molar-refractivity contribution in [3.63, 3.8) is 0 Å². The predicted molar refractivity (Wildman–Crippen MR) is 79.6 cm³/mol. The third kappa shape index (κ3) is 3.41. The molecule has 0 N–H and O–H groups in total. The molecule has 0 spiro atoms. The summed E-state index contributed by atoms with van der Waals surface area (Å²) in [5, 5.41) is 0. The van der Waals surface area contributed by atoms with Gasteiger partial charge in [-0.05, 0) is 36.8 Å². The van der Waals surface area contributed by atoms with E-state index in [4.69, 9.17) is 4.74 Å². The van der Waals surface area contributed by atoms with E-state index in [0.29, 0.717) is 18.8 Å². The summed E-state index contributed by atoms with van der Waals surface area (Å²) in [5.41, 5.74) is 1.19. The fourth-order valence-electron chi connectivity index (χ4n) is 3.36. The molecule has 3 nitrogen and oxygen atoms in total. The minimum absolute atomic E-state index is 0.0847. The van der Waals surface area contributed by atoms with Crippen molar-refractivity contribution >= 4 is 11.8 Å². The Morgan fingerprint density at radius 3 is 2.86 bits per heavy atom. The minimum Gasteiger partial charge on any atom is -0.462 e. The molecule has 3 atom stereocenters. The molecule has 1 aromatic rings. The van der Waals surface area contributed by atoms with Crippen LogP contribution < -0.4 is 0 Å². The zero-order valence-corrected chi connectivity index (χ0v) is 12.0. The predicted octanol–water partition coefficient (Wildman–Crippen LogP) is 3.09. The normalized spacial score (nSPS) is 27.8. The van der Waals surface area contributed by atoms with Crippen LogP contribution in [0.15, 0.2) is 42.5 Å². The van der Waals surface area contributed by atoms with Crippen LogP contribution in [0.2, 0.25) is 0 Å². The van der Waals surface area contributed by atoms with Gasteiger partial charge < -0.3 is 4.74 Å². The molecule has 1 aromatic carbocycles. The highest BCUT2D eigenvalue weighted by molar-refractivity contribution is 5.89. The average molecular weight is 284 g/mol. The van der Waals surface area contributed by atoms with E-state index in [1.54, 1.807) is 6.08 Å². The van der Waals surface area contributed by atoms with Gasteiger partial charge in [0.25, 0.3) is 0 Å². The molecule has 3 heteroatoms. The lowest BCUT2D eigenvalue weighted by Gasteiger charge is -2.10. The molecule has 1 saturated heterocycles. The molecule has 0 amide bonds. The van der Waals surface area contributed by atoms with Gasteiger partial charge in [0.1, 0.15) is 6.10 Å². The second-order valence-electron chi connectivity index (χ2n) is 5.95. The van der Waals surface area contributed by atoms with Crippen molar-refractivity contribution in [2.45, 2.75) is 38.2 Å². The summed E-state index contributed by atoms with van der Waals surface area (Å²) in [5.74, 6) is 0.684. The van der Waals surface area contributed by atoms with Crippen molar-refractivity contribution in [3.8, 4) is 0 Å². The Bertz CT molecular complexity index is 547. The van der Waals surface area contributed by atoms with Crippen molar-refractivity contribution in [2.75, 3.05) is 0 Å². The maximum Gasteiger partial charge on any atom is 0.306 e. The molecule has 2 aliphatic rings. The lowest BCUT2D eigenvalue weighted by molar-refractivity contribution is -0.141. The molecule has 1 heterocycles. The van der Waals surface area contributed by atoms with E-state index < -0.39 is 0 Å². The number of fused-ring (bicyclic) bond motifs is 1. The first-order valence-corrected chi connectivity index (χ1v) is 7.67. The van der Waals surface area contributed by atoms with Gasteiger partial charge in [-0.1, -0.05) is 36.4 Å². The van der Waals surface area contributed by atoms with Gasteiger partial charge in [-0.15, -0.1) is 0 Å². The Balaban J connectivity index is 1.49. The van der Waals surface area contributed by atoms with E-state index in [-0.39, 0.29) is 23.8 Å². The van der Waals surface area contributed by atoms with Crippen LogP contribution in [0.4, 0.5) is 0 Å². The number of carbonyl (C=O) groups excluding carboxylic acids is 2. The molecule has 0 bridgehead atoms. The number of ether oxygens (including phenoxy) is 1.